The highest BCUT2D eigenvalue weighted by Gasteiger charge is 2.19. The van der Waals surface area contributed by atoms with Gasteiger partial charge in [-0.15, -0.1) is 0 Å². The number of ether oxygens (including phenoxy) is 1. The molecule has 0 aromatic rings. The average molecular weight is 193 g/mol. The van der Waals surface area contributed by atoms with Crippen LogP contribution in [0.2, 0.25) is 0 Å². The zero-order valence-electron chi connectivity index (χ0n) is 6.94. The highest BCUT2D eigenvalue weighted by Crippen LogP contribution is 1.99. The van der Waals surface area contributed by atoms with Gasteiger partial charge in [-0.25, -0.2) is 4.79 Å². The van der Waals surface area contributed by atoms with Crippen molar-refractivity contribution in [2.45, 2.75) is 26.0 Å². The lowest BCUT2D eigenvalue weighted by Gasteiger charge is -2.11. The number of hydrogen-bond donors (Lipinski definition) is 1. The number of hydrogen-bond acceptors (Lipinski definition) is 5. The molecular weight excluding hydrogens is 181 g/mol. The molecule has 70 valence electrons. The highest BCUT2D eigenvalue weighted by atomic mass is 31.0. The van der Waals surface area contributed by atoms with Crippen LogP contribution in [-0.4, -0.2) is 24.1 Å². The van der Waals surface area contributed by atoms with Crippen molar-refractivity contribution in [3.8, 4) is 0 Å². The summed E-state index contributed by atoms with van der Waals surface area (Å²) in [5, 5.41) is 0. The van der Waals surface area contributed by atoms with Crippen LogP contribution < -0.4 is 5.73 Å². The maximum atomic E-state index is 10.8. The molecule has 0 aromatic carbocycles. The van der Waals surface area contributed by atoms with Crippen LogP contribution in [0.15, 0.2) is 0 Å². The SMILES string of the molecule is C[C@H](N)C(=O)O[C@@H](C)C(=O)OP. The van der Waals surface area contributed by atoms with Crippen molar-refractivity contribution < 1.29 is 18.8 Å². The maximum absolute atomic E-state index is 10.8. The minimum Gasteiger partial charge on any atom is -0.449 e. The Balaban J connectivity index is 3.92. The Hall–Kier alpha value is -0.670. The van der Waals surface area contributed by atoms with E-state index in [0.29, 0.717) is 0 Å². The number of esters is 1. The van der Waals surface area contributed by atoms with Gasteiger partial charge in [0.25, 0.3) is 0 Å². The zero-order valence-corrected chi connectivity index (χ0v) is 8.10. The van der Waals surface area contributed by atoms with E-state index < -0.39 is 24.1 Å². The van der Waals surface area contributed by atoms with Gasteiger partial charge < -0.3 is 15.0 Å². The van der Waals surface area contributed by atoms with Crippen molar-refractivity contribution >= 4 is 21.4 Å². The molecule has 0 aliphatic heterocycles. The van der Waals surface area contributed by atoms with Gasteiger partial charge in [0.1, 0.15) is 6.04 Å². The van der Waals surface area contributed by atoms with Crippen molar-refractivity contribution in [1.82, 2.24) is 0 Å². The van der Waals surface area contributed by atoms with Gasteiger partial charge in [-0.3, -0.25) is 4.79 Å². The van der Waals surface area contributed by atoms with E-state index in [1.54, 1.807) is 9.47 Å². The molecule has 0 rings (SSSR count). The summed E-state index contributed by atoms with van der Waals surface area (Å²) in [5.41, 5.74) is 5.19. The fraction of sp³-hybridized carbons (Fsp3) is 0.667. The lowest BCUT2D eigenvalue weighted by atomic mass is 10.3. The van der Waals surface area contributed by atoms with Crippen LogP contribution >= 0.6 is 9.47 Å². The van der Waals surface area contributed by atoms with E-state index in [-0.39, 0.29) is 0 Å². The fourth-order valence-electron chi connectivity index (χ4n) is 0.425. The second-order valence-corrected chi connectivity index (χ2v) is 2.54. The van der Waals surface area contributed by atoms with Crippen LogP contribution in [-0.2, 0) is 18.8 Å². The summed E-state index contributed by atoms with van der Waals surface area (Å²) in [6.45, 7) is 2.88. The number of rotatable bonds is 3. The van der Waals surface area contributed by atoms with Crippen molar-refractivity contribution in [1.29, 1.82) is 0 Å². The standard InChI is InChI=1S/C6H12NO4P/c1-3(7)5(8)10-4(2)6(9)11-12/h3-4H,7,12H2,1-2H3/t3-,4-/m0/s1. The van der Waals surface area contributed by atoms with E-state index in [1.165, 1.54) is 13.8 Å². The van der Waals surface area contributed by atoms with Gasteiger partial charge in [0.05, 0.1) is 9.47 Å². The van der Waals surface area contributed by atoms with Crippen molar-refractivity contribution in [2.75, 3.05) is 0 Å². The summed E-state index contributed by atoms with van der Waals surface area (Å²) in [7, 11) is 1.78. The van der Waals surface area contributed by atoms with Crippen LogP contribution in [0.3, 0.4) is 0 Å². The molecule has 0 heterocycles. The topological polar surface area (TPSA) is 78.6 Å². The van der Waals surface area contributed by atoms with Crippen molar-refractivity contribution in [2.24, 2.45) is 5.73 Å². The average Bonchev–Trinajstić information content (AvgIpc) is 2.02. The quantitative estimate of drug-likeness (QED) is 0.487. The second-order valence-electron chi connectivity index (χ2n) is 2.30. The molecule has 12 heavy (non-hydrogen) atoms. The molecule has 2 N–H and O–H groups in total. The lowest BCUT2D eigenvalue weighted by Crippen LogP contribution is -2.34. The van der Waals surface area contributed by atoms with Crippen LogP contribution in [0.5, 0.6) is 0 Å². The Bertz CT molecular complexity index is 182. The minimum atomic E-state index is -0.916. The van der Waals surface area contributed by atoms with Crippen LogP contribution in [0, 0.1) is 0 Å². The lowest BCUT2D eigenvalue weighted by molar-refractivity contribution is -0.161. The number of carbonyl (C=O) groups excluding carboxylic acids is 2. The first-order chi connectivity index (χ1) is 5.49. The normalized spacial score (nSPS) is 14.7. The van der Waals surface area contributed by atoms with E-state index in [0.717, 1.165) is 0 Å². The molecule has 0 aromatic heterocycles. The third kappa shape index (κ3) is 3.64. The maximum Gasteiger partial charge on any atom is 0.349 e. The van der Waals surface area contributed by atoms with Crippen molar-refractivity contribution in [3.63, 3.8) is 0 Å². The fourth-order valence-corrected chi connectivity index (χ4v) is 0.617. The third-order valence-electron chi connectivity index (χ3n) is 1.11. The van der Waals surface area contributed by atoms with Crippen LogP contribution in [0.4, 0.5) is 0 Å². The van der Waals surface area contributed by atoms with Crippen LogP contribution in [0.1, 0.15) is 13.8 Å². The summed E-state index contributed by atoms with van der Waals surface area (Å²) in [6.07, 6.45) is -0.916. The largest absolute Gasteiger partial charge is 0.449 e. The first kappa shape index (κ1) is 11.3. The first-order valence-electron chi connectivity index (χ1n) is 3.35. The molecule has 0 aliphatic rings. The van der Waals surface area contributed by atoms with E-state index in [2.05, 4.69) is 9.26 Å². The van der Waals surface area contributed by atoms with Gasteiger partial charge in [-0.2, -0.15) is 0 Å². The molecule has 0 spiro atoms. The zero-order chi connectivity index (χ0) is 9.72. The molecule has 0 amide bonds. The number of nitrogens with two attached hydrogens (primary N) is 1. The second kappa shape index (κ2) is 5.06. The summed E-state index contributed by atoms with van der Waals surface area (Å²) < 4.78 is 8.86. The van der Waals surface area contributed by atoms with Gasteiger partial charge in [-0.1, -0.05) is 0 Å². The predicted octanol–water partition coefficient (Wildman–Crippen LogP) is -0.401. The van der Waals surface area contributed by atoms with Crippen LogP contribution in [0.25, 0.3) is 0 Å². The van der Waals surface area contributed by atoms with E-state index in [4.69, 9.17) is 5.73 Å². The van der Waals surface area contributed by atoms with E-state index >= 15 is 0 Å². The smallest absolute Gasteiger partial charge is 0.349 e. The molecule has 0 saturated heterocycles. The van der Waals surface area contributed by atoms with E-state index in [9.17, 15) is 9.59 Å². The van der Waals surface area contributed by atoms with Gasteiger partial charge in [0.15, 0.2) is 6.10 Å². The Labute approximate surface area is 72.9 Å². The molecule has 5 nitrogen and oxygen atoms in total. The van der Waals surface area contributed by atoms with Gasteiger partial charge in [0.2, 0.25) is 0 Å². The summed E-state index contributed by atoms with van der Waals surface area (Å²) in [5.74, 6) is -1.26. The molecular formula is C6H12NO4P. The Morgan fingerprint density at radius 1 is 1.33 bits per heavy atom. The van der Waals surface area contributed by atoms with Gasteiger partial charge in [0, 0.05) is 0 Å². The minimum absolute atomic E-state index is 0.627. The van der Waals surface area contributed by atoms with Gasteiger partial charge in [-0.05, 0) is 13.8 Å². The summed E-state index contributed by atoms with van der Waals surface area (Å²) in [4.78, 5) is 21.5. The molecule has 0 aliphatic carbocycles. The monoisotopic (exact) mass is 193 g/mol. The Morgan fingerprint density at radius 2 is 1.83 bits per heavy atom. The Kier molecular flexibility index (Phi) is 4.78. The predicted molar refractivity (Wildman–Crippen MR) is 45.0 cm³/mol. The summed E-state index contributed by atoms with van der Waals surface area (Å²) in [6, 6.07) is -0.732. The van der Waals surface area contributed by atoms with Crippen molar-refractivity contribution in [3.05, 3.63) is 0 Å². The molecule has 1 unspecified atom stereocenters. The first-order valence-corrected chi connectivity index (χ1v) is 3.82. The third-order valence-corrected chi connectivity index (χ3v) is 1.35. The Morgan fingerprint density at radius 3 is 2.17 bits per heavy atom. The number of carbonyl (C=O) groups is 2. The van der Waals surface area contributed by atoms with Gasteiger partial charge >= 0.3 is 11.9 Å². The molecule has 0 radical (unpaired) electrons. The summed E-state index contributed by atoms with van der Waals surface area (Å²) >= 11 is 0. The van der Waals surface area contributed by atoms with E-state index in [1.807, 2.05) is 0 Å². The molecule has 3 atom stereocenters. The molecule has 0 fully saturated rings. The molecule has 0 saturated carbocycles. The highest BCUT2D eigenvalue weighted by molar-refractivity contribution is 7.10. The molecule has 0 bridgehead atoms. The molecule has 6 heteroatoms.